The van der Waals surface area contributed by atoms with Gasteiger partial charge in [-0.1, -0.05) is 41.9 Å². The van der Waals surface area contributed by atoms with E-state index in [4.69, 9.17) is 11.6 Å². The third-order valence-corrected chi connectivity index (χ3v) is 6.83. The molecule has 2 aromatic rings. The molecule has 0 aliphatic carbocycles. The van der Waals surface area contributed by atoms with Crippen molar-refractivity contribution in [1.29, 1.82) is 0 Å². The van der Waals surface area contributed by atoms with E-state index in [-0.39, 0.29) is 23.1 Å². The van der Waals surface area contributed by atoms with E-state index in [0.29, 0.717) is 10.6 Å². The fourth-order valence-corrected chi connectivity index (χ4v) is 4.23. The molecule has 1 N–H and O–H groups in total. The number of carbonyl (C=O) groups is 1. The summed E-state index contributed by atoms with van der Waals surface area (Å²) in [7, 11) is -0.603. The molecular formula is C17H19ClN2O3S2. The topological polar surface area (TPSA) is 66.5 Å². The summed E-state index contributed by atoms with van der Waals surface area (Å²) < 4.78 is 25.8. The van der Waals surface area contributed by atoms with Crippen LogP contribution in [0.5, 0.6) is 0 Å². The minimum Gasteiger partial charge on any atom is -0.351 e. The van der Waals surface area contributed by atoms with E-state index in [1.165, 1.54) is 31.9 Å². The summed E-state index contributed by atoms with van der Waals surface area (Å²) in [5, 5.41) is 3.35. The summed E-state index contributed by atoms with van der Waals surface area (Å²) in [4.78, 5) is 13.1. The zero-order valence-electron chi connectivity index (χ0n) is 13.9. The molecular weight excluding hydrogens is 380 g/mol. The van der Waals surface area contributed by atoms with Crippen LogP contribution in [0.4, 0.5) is 0 Å². The van der Waals surface area contributed by atoms with E-state index in [1.54, 1.807) is 24.3 Å². The maximum Gasteiger partial charge on any atom is 0.242 e. The Morgan fingerprint density at radius 3 is 2.44 bits per heavy atom. The summed E-state index contributed by atoms with van der Waals surface area (Å²) >= 11 is 7.39. The van der Waals surface area contributed by atoms with Crippen LogP contribution in [0.25, 0.3) is 0 Å². The van der Waals surface area contributed by atoms with Gasteiger partial charge in [0.1, 0.15) is 0 Å². The molecule has 0 aliphatic heterocycles. The van der Waals surface area contributed by atoms with Gasteiger partial charge in [-0.3, -0.25) is 4.79 Å². The van der Waals surface area contributed by atoms with Crippen LogP contribution in [0.15, 0.2) is 58.3 Å². The molecule has 0 radical (unpaired) electrons. The Labute approximate surface area is 157 Å². The molecule has 0 aromatic heterocycles. The molecule has 2 aromatic carbocycles. The highest BCUT2D eigenvalue weighted by atomic mass is 35.5. The minimum absolute atomic E-state index is 0.144. The zero-order valence-corrected chi connectivity index (χ0v) is 16.3. The number of hydrogen-bond acceptors (Lipinski definition) is 4. The summed E-state index contributed by atoms with van der Waals surface area (Å²) in [6.45, 7) is 0.144. The van der Waals surface area contributed by atoms with Gasteiger partial charge in [0.2, 0.25) is 15.9 Å². The van der Waals surface area contributed by atoms with E-state index < -0.39 is 10.0 Å². The van der Waals surface area contributed by atoms with Gasteiger partial charge in [-0.05, 0) is 23.8 Å². The van der Waals surface area contributed by atoms with Gasteiger partial charge in [0.25, 0.3) is 0 Å². The van der Waals surface area contributed by atoms with Crippen molar-refractivity contribution in [3.8, 4) is 0 Å². The first-order valence-electron chi connectivity index (χ1n) is 7.47. The fraction of sp³-hybridized carbons (Fsp3) is 0.235. The lowest BCUT2D eigenvalue weighted by molar-refractivity contribution is -0.118. The molecule has 134 valence electrons. The number of hydrogen-bond donors (Lipinski definition) is 1. The zero-order chi connectivity index (χ0) is 18.4. The van der Waals surface area contributed by atoms with E-state index >= 15 is 0 Å². The van der Waals surface area contributed by atoms with Gasteiger partial charge in [0.05, 0.1) is 15.7 Å². The normalized spacial score (nSPS) is 11.5. The van der Waals surface area contributed by atoms with Crippen LogP contribution in [0.3, 0.4) is 0 Å². The Morgan fingerprint density at radius 2 is 1.76 bits per heavy atom. The predicted octanol–water partition coefficient (Wildman–Crippen LogP) is 3.00. The van der Waals surface area contributed by atoms with Crippen molar-refractivity contribution < 1.29 is 13.2 Å². The number of halogens is 1. The fourth-order valence-electron chi connectivity index (χ4n) is 2.05. The third kappa shape index (κ3) is 5.22. The van der Waals surface area contributed by atoms with Gasteiger partial charge in [0.15, 0.2) is 0 Å². The second-order valence-corrected chi connectivity index (χ2v) is 8.94. The highest BCUT2D eigenvalue weighted by molar-refractivity contribution is 8.00. The first-order chi connectivity index (χ1) is 11.8. The van der Waals surface area contributed by atoms with E-state index in [2.05, 4.69) is 5.32 Å². The molecule has 0 fully saturated rings. The van der Waals surface area contributed by atoms with Crippen molar-refractivity contribution in [2.45, 2.75) is 16.3 Å². The van der Waals surface area contributed by atoms with Crippen LogP contribution < -0.4 is 5.32 Å². The van der Waals surface area contributed by atoms with Crippen LogP contribution in [-0.2, 0) is 21.4 Å². The average molecular weight is 399 g/mol. The number of rotatable bonds is 7. The second-order valence-electron chi connectivity index (χ2n) is 5.39. The monoisotopic (exact) mass is 398 g/mol. The van der Waals surface area contributed by atoms with Crippen molar-refractivity contribution in [2.75, 3.05) is 19.8 Å². The van der Waals surface area contributed by atoms with Crippen LogP contribution in [0.1, 0.15) is 5.56 Å². The number of sulfonamides is 1. The Bertz CT molecular complexity index is 854. The highest BCUT2D eigenvalue weighted by Crippen LogP contribution is 2.26. The molecule has 8 heteroatoms. The summed E-state index contributed by atoms with van der Waals surface area (Å²) in [5.74, 6) is 0.00811. The van der Waals surface area contributed by atoms with E-state index in [0.717, 1.165) is 9.20 Å². The molecule has 25 heavy (non-hydrogen) atoms. The van der Waals surface area contributed by atoms with Crippen molar-refractivity contribution >= 4 is 39.3 Å². The molecule has 0 saturated carbocycles. The van der Waals surface area contributed by atoms with Crippen LogP contribution in [0.2, 0.25) is 5.02 Å². The van der Waals surface area contributed by atoms with Crippen molar-refractivity contribution in [2.24, 2.45) is 0 Å². The lowest BCUT2D eigenvalue weighted by Crippen LogP contribution is -2.27. The Hall–Kier alpha value is -1.54. The third-order valence-electron chi connectivity index (χ3n) is 3.40. The molecule has 2 rings (SSSR count). The Kier molecular flexibility index (Phi) is 6.89. The smallest absolute Gasteiger partial charge is 0.242 e. The predicted molar refractivity (Wildman–Crippen MR) is 101 cm³/mol. The van der Waals surface area contributed by atoms with Gasteiger partial charge < -0.3 is 5.32 Å². The van der Waals surface area contributed by atoms with Crippen molar-refractivity contribution in [3.05, 3.63) is 59.1 Å². The van der Waals surface area contributed by atoms with Crippen molar-refractivity contribution in [1.82, 2.24) is 9.62 Å². The molecule has 0 saturated heterocycles. The number of nitrogens with zero attached hydrogens (tertiary/aromatic N) is 1. The number of benzene rings is 2. The van der Waals surface area contributed by atoms with Gasteiger partial charge >= 0.3 is 0 Å². The number of amides is 1. The average Bonchev–Trinajstić information content (AvgIpc) is 2.59. The van der Waals surface area contributed by atoms with Gasteiger partial charge in [-0.25, -0.2) is 12.7 Å². The summed E-state index contributed by atoms with van der Waals surface area (Å²) in [6.07, 6.45) is 0. The van der Waals surface area contributed by atoms with Gasteiger partial charge in [-0.2, -0.15) is 0 Å². The Morgan fingerprint density at radius 1 is 1.12 bits per heavy atom. The highest BCUT2D eigenvalue weighted by Gasteiger charge is 2.20. The minimum atomic E-state index is -3.56. The Balaban J connectivity index is 2.00. The maximum atomic E-state index is 12.3. The second kappa shape index (κ2) is 8.71. The molecule has 5 nitrogen and oxygen atoms in total. The van der Waals surface area contributed by atoms with E-state index in [9.17, 15) is 13.2 Å². The lowest BCUT2D eigenvalue weighted by atomic mass is 10.2. The van der Waals surface area contributed by atoms with Crippen LogP contribution in [0, 0.1) is 0 Å². The van der Waals surface area contributed by atoms with Crippen molar-refractivity contribution in [3.63, 3.8) is 0 Å². The van der Waals surface area contributed by atoms with E-state index in [1.807, 2.05) is 18.2 Å². The summed E-state index contributed by atoms with van der Waals surface area (Å²) in [5.41, 5.74) is 0.548. The lowest BCUT2D eigenvalue weighted by Gasteiger charge is -2.15. The first kappa shape index (κ1) is 19.8. The SMILES string of the molecule is CN(C)S(=O)(=O)c1ccccc1CNC(=O)CSc1ccccc1Cl. The molecule has 0 unspecified atom stereocenters. The van der Waals surface area contributed by atoms with Crippen LogP contribution in [-0.4, -0.2) is 38.5 Å². The molecule has 0 atom stereocenters. The quantitative estimate of drug-likeness (QED) is 0.728. The number of thioether (sulfide) groups is 1. The molecule has 0 spiro atoms. The first-order valence-corrected chi connectivity index (χ1v) is 10.3. The number of nitrogens with one attached hydrogen (secondary N) is 1. The summed E-state index contributed by atoms with van der Waals surface area (Å²) in [6, 6.07) is 13.9. The largest absolute Gasteiger partial charge is 0.351 e. The molecule has 0 aliphatic rings. The van der Waals surface area contributed by atoms with Crippen LogP contribution >= 0.6 is 23.4 Å². The molecule has 0 bridgehead atoms. The maximum absolute atomic E-state index is 12.3. The standard InChI is InChI=1S/C17H19ClN2O3S2/c1-20(2)25(22,23)16-10-6-3-7-13(16)11-19-17(21)12-24-15-9-5-4-8-14(15)18/h3-10H,11-12H2,1-2H3,(H,19,21). The number of carbonyl (C=O) groups excluding carboxylic acids is 1. The van der Waals surface area contributed by atoms with Gasteiger partial charge in [0, 0.05) is 25.5 Å². The molecule has 0 heterocycles. The molecule has 1 amide bonds. The van der Waals surface area contributed by atoms with Gasteiger partial charge in [-0.15, -0.1) is 11.8 Å².